The molecule has 1 aliphatic rings. The Morgan fingerprint density at radius 3 is 2.68 bits per heavy atom. The van der Waals surface area contributed by atoms with Gasteiger partial charge in [-0.25, -0.2) is 4.79 Å². The number of carbonyl (C=O) groups excluding carboxylic acids is 1. The van der Waals surface area contributed by atoms with Gasteiger partial charge in [-0.3, -0.25) is 0 Å². The molecule has 0 spiro atoms. The first-order valence-electron chi connectivity index (χ1n) is 6.34. The van der Waals surface area contributed by atoms with E-state index in [9.17, 15) is 4.79 Å². The molecule has 1 fully saturated rings. The molecule has 0 atom stereocenters. The minimum absolute atomic E-state index is 0.0224. The summed E-state index contributed by atoms with van der Waals surface area (Å²) < 4.78 is 5.36. The first-order valence-corrected chi connectivity index (χ1v) is 6.34. The summed E-state index contributed by atoms with van der Waals surface area (Å²) in [7, 11) is 0. The van der Waals surface area contributed by atoms with Crippen LogP contribution in [-0.4, -0.2) is 35.2 Å². The highest BCUT2D eigenvalue weighted by Crippen LogP contribution is 2.29. The zero-order valence-electron chi connectivity index (χ0n) is 11.7. The largest absolute Gasteiger partial charge is 0.444 e. The first kappa shape index (κ1) is 15.2. The zero-order chi connectivity index (χ0) is 14.5. The second-order valence-corrected chi connectivity index (χ2v) is 5.61. The van der Waals surface area contributed by atoms with Crippen molar-refractivity contribution in [1.82, 2.24) is 4.90 Å². The van der Waals surface area contributed by atoms with E-state index in [0.29, 0.717) is 25.8 Å². The van der Waals surface area contributed by atoms with Crippen LogP contribution in [0.2, 0.25) is 0 Å². The lowest BCUT2D eigenvalue weighted by atomic mass is 9.86. The molecule has 6 nitrogen and oxygen atoms in total. The topological polar surface area (TPSA) is 78.3 Å². The third kappa shape index (κ3) is 4.72. The molecule has 0 heterocycles. The Labute approximate surface area is 113 Å². The monoisotopic (exact) mass is 264 g/mol. The predicted molar refractivity (Wildman–Crippen MR) is 72.3 cm³/mol. The summed E-state index contributed by atoms with van der Waals surface area (Å²) in [5.41, 5.74) is 7.83. The van der Waals surface area contributed by atoms with Gasteiger partial charge in [0.25, 0.3) is 0 Å². The molecule has 0 aromatic rings. The molecule has 1 saturated carbocycles. The molecule has 1 aliphatic carbocycles. The molecule has 19 heavy (non-hydrogen) atoms. The smallest absolute Gasteiger partial charge is 0.410 e. The van der Waals surface area contributed by atoms with E-state index in [0.717, 1.165) is 0 Å². The lowest BCUT2D eigenvalue weighted by molar-refractivity contribution is 0.00535. The molecule has 0 unspecified atom stereocenters. The molecular formula is C13H20N4O2. The molecule has 0 aromatic carbocycles. The number of rotatable bonds is 4. The van der Waals surface area contributed by atoms with Crippen LogP contribution in [0.4, 0.5) is 4.79 Å². The number of hydrogen-bond donors (Lipinski definition) is 0. The minimum Gasteiger partial charge on any atom is -0.444 e. The van der Waals surface area contributed by atoms with E-state index in [1.165, 1.54) is 0 Å². The van der Waals surface area contributed by atoms with E-state index < -0.39 is 5.60 Å². The molecule has 1 amide bonds. The number of hydrogen-bond acceptors (Lipinski definition) is 3. The maximum absolute atomic E-state index is 12.1. The van der Waals surface area contributed by atoms with Crippen molar-refractivity contribution < 1.29 is 9.53 Å². The Morgan fingerprint density at radius 1 is 1.58 bits per heavy atom. The lowest BCUT2D eigenvalue weighted by Crippen LogP contribution is -2.51. The van der Waals surface area contributed by atoms with Crippen LogP contribution in [0.5, 0.6) is 0 Å². The highest BCUT2D eigenvalue weighted by molar-refractivity contribution is 5.68. The van der Waals surface area contributed by atoms with Crippen molar-refractivity contribution in [1.29, 1.82) is 0 Å². The third-order valence-corrected chi connectivity index (χ3v) is 2.87. The molecule has 0 radical (unpaired) electrons. The number of ether oxygens (including phenoxy) is 1. The number of azide groups is 1. The lowest BCUT2D eigenvalue weighted by Gasteiger charge is -2.41. The number of carbonyl (C=O) groups is 1. The maximum atomic E-state index is 12.1. The predicted octanol–water partition coefficient (Wildman–Crippen LogP) is 3.09. The minimum atomic E-state index is -0.528. The first-order chi connectivity index (χ1) is 8.87. The van der Waals surface area contributed by atoms with Gasteiger partial charge in [0, 0.05) is 30.0 Å². The van der Waals surface area contributed by atoms with Gasteiger partial charge in [0.1, 0.15) is 5.60 Å². The van der Waals surface area contributed by atoms with Gasteiger partial charge >= 0.3 is 6.09 Å². The quantitative estimate of drug-likeness (QED) is 0.338. The van der Waals surface area contributed by atoms with Gasteiger partial charge in [-0.2, -0.15) is 0 Å². The average molecular weight is 264 g/mol. The fraction of sp³-hybridized carbons (Fsp3) is 0.769. The average Bonchev–Trinajstić information content (AvgIpc) is 2.23. The van der Waals surface area contributed by atoms with Crippen LogP contribution in [0, 0.1) is 12.3 Å². The van der Waals surface area contributed by atoms with E-state index in [-0.39, 0.29) is 18.2 Å². The van der Waals surface area contributed by atoms with Crippen LogP contribution in [0.3, 0.4) is 0 Å². The van der Waals surface area contributed by atoms with Crippen molar-refractivity contribution in [2.75, 3.05) is 6.54 Å². The zero-order valence-corrected chi connectivity index (χ0v) is 11.7. The highest BCUT2D eigenvalue weighted by Gasteiger charge is 2.37. The number of amides is 1. The van der Waals surface area contributed by atoms with Gasteiger partial charge in [-0.1, -0.05) is 5.11 Å². The molecule has 0 N–H and O–H groups in total. The Hall–Kier alpha value is -1.86. The molecule has 0 aliphatic heterocycles. The molecule has 104 valence electrons. The molecule has 0 bridgehead atoms. The van der Waals surface area contributed by atoms with Crippen molar-refractivity contribution in [2.24, 2.45) is 5.11 Å². The van der Waals surface area contributed by atoms with E-state index in [2.05, 4.69) is 15.9 Å². The van der Waals surface area contributed by atoms with E-state index in [1.54, 1.807) is 4.90 Å². The summed E-state index contributed by atoms with van der Waals surface area (Å²) in [6.07, 6.45) is 6.73. The molecule has 1 rings (SSSR count). The van der Waals surface area contributed by atoms with Crippen molar-refractivity contribution >= 4 is 6.09 Å². The van der Waals surface area contributed by atoms with Crippen LogP contribution in [0.25, 0.3) is 10.4 Å². The third-order valence-electron chi connectivity index (χ3n) is 2.87. The van der Waals surface area contributed by atoms with Crippen LogP contribution in [-0.2, 0) is 4.74 Å². The summed E-state index contributed by atoms with van der Waals surface area (Å²) in [5, 5.41) is 3.64. The van der Waals surface area contributed by atoms with Gasteiger partial charge in [0.2, 0.25) is 0 Å². The van der Waals surface area contributed by atoms with Crippen LogP contribution >= 0.6 is 0 Å². The molecule has 0 aromatic heterocycles. The number of nitrogens with zero attached hydrogens (tertiary/aromatic N) is 4. The fourth-order valence-corrected chi connectivity index (χ4v) is 1.91. The Morgan fingerprint density at radius 2 is 2.21 bits per heavy atom. The second-order valence-electron chi connectivity index (χ2n) is 5.61. The normalized spacial score (nSPS) is 21.6. The second kappa shape index (κ2) is 6.35. The van der Waals surface area contributed by atoms with Crippen LogP contribution < -0.4 is 0 Å². The SMILES string of the molecule is C#CCCN(C(=O)OC(C)(C)C)C1CC(N=[N+]=[N-])C1. The van der Waals surface area contributed by atoms with Crippen LogP contribution in [0.15, 0.2) is 5.11 Å². The summed E-state index contributed by atoms with van der Waals surface area (Å²) in [4.78, 5) is 16.5. The van der Waals surface area contributed by atoms with E-state index in [4.69, 9.17) is 16.7 Å². The summed E-state index contributed by atoms with van der Waals surface area (Å²) >= 11 is 0. The molecule has 0 saturated heterocycles. The fourth-order valence-electron chi connectivity index (χ4n) is 1.91. The van der Waals surface area contributed by atoms with Gasteiger partial charge in [0.15, 0.2) is 0 Å². The summed E-state index contributed by atoms with van der Waals surface area (Å²) in [5.74, 6) is 2.52. The maximum Gasteiger partial charge on any atom is 0.410 e. The highest BCUT2D eigenvalue weighted by atomic mass is 16.6. The van der Waals surface area contributed by atoms with Gasteiger partial charge in [-0.05, 0) is 39.1 Å². The van der Waals surface area contributed by atoms with Crippen molar-refractivity contribution in [2.45, 2.75) is 57.7 Å². The van der Waals surface area contributed by atoms with Crippen molar-refractivity contribution in [3.63, 3.8) is 0 Å². The Balaban J connectivity index is 2.61. The summed E-state index contributed by atoms with van der Waals surface area (Å²) in [6.45, 7) is 5.95. The van der Waals surface area contributed by atoms with Gasteiger partial charge in [-0.15, -0.1) is 12.3 Å². The standard InChI is InChI=1S/C13H20N4O2/c1-5-6-7-17(12(18)19-13(2,3)4)11-8-10(9-11)15-16-14/h1,10-11H,6-9H2,2-4H3. The Bertz CT molecular complexity index is 409. The molecular weight excluding hydrogens is 244 g/mol. The van der Waals surface area contributed by atoms with Gasteiger partial charge < -0.3 is 9.64 Å². The Kier molecular flexibility index (Phi) is 5.08. The van der Waals surface area contributed by atoms with E-state index in [1.807, 2.05) is 20.8 Å². The number of terminal acetylenes is 1. The molecule has 6 heteroatoms. The van der Waals surface area contributed by atoms with Crippen LogP contribution in [0.1, 0.15) is 40.0 Å². The van der Waals surface area contributed by atoms with Crippen molar-refractivity contribution in [3.05, 3.63) is 10.4 Å². The van der Waals surface area contributed by atoms with E-state index >= 15 is 0 Å². The van der Waals surface area contributed by atoms with Crippen molar-refractivity contribution in [3.8, 4) is 12.3 Å². The summed E-state index contributed by atoms with van der Waals surface area (Å²) in [6, 6.07) is 0.0319. The van der Waals surface area contributed by atoms with Gasteiger partial charge in [0.05, 0.1) is 0 Å².